The van der Waals surface area contributed by atoms with Crippen molar-refractivity contribution in [3.63, 3.8) is 0 Å². The van der Waals surface area contributed by atoms with Gasteiger partial charge in [-0.2, -0.15) is 0 Å². The van der Waals surface area contributed by atoms with Gasteiger partial charge in [0.05, 0.1) is 29.3 Å². The van der Waals surface area contributed by atoms with Gasteiger partial charge in [-0.1, -0.05) is 23.7 Å². The Morgan fingerprint density at radius 3 is 2.41 bits per heavy atom. The maximum atomic E-state index is 12.3. The number of non-ortho nitro benzene ring substituents is 1. The molecule has 2 rings (SSSR count). The van der Waals surface area contributed by atoms with Crippen LogP contribution in [-0.4, -0.2) is 36.4 Å². The lowest BCUT2D eigenvalue weighted by atomic mass is 10.1. The first-order valence-electron chi connectivity index (χ1n) is 8.27. The van der Waals surface area contributed by atoms with E-state index < -0.39 is 4.92 Å². The molecule has 8 heteroatoms. The largest absolute Gasteiger partial charge is 0.496 e. The molecule has 27 heavy (non-hydrogen) atoms. The highest BCUT2D eigenvalue weighted by Crippen LogP contribution is 2.27. The van der Waals surface area contributed by atoms with Crippen LogP contribution in [0.1, 0.15) is 16.7 Å². The van der Waals surface area contributed by atoms with E-state index in [4.69, 9.17) is 16.3 Å². The summed E-state index contributed by atoms with van der Waals surface area (Å²) in [5.41, 5.74) is 3.39. The predicted octanol–water partition coefficient (Wildman–Crippen LogP) is 3.94. The summed E-state index contributed by atoms with van der Waals surface area (Å²) in [6.07, 6.45) is 0. The summed E-state index contributed by atoms with van der Waals surface area (Å²) >= 11 is 6.00. The first-order valence-corrected chi connectivity index (χ1v) is 8.65. The van der Waals surface area contributed by atoms with E-state index in [9.17, 15) is 14.9 Å². The number of benzene rings is 2. The Morgan fingerprint density at radius 2 is 1.89 bits per heavy atom. The van der Waals surface area contributed by atoms with Crippen molar-refractivity contribution < 1.29 is 14.5 Å². The van der Waals surface area contributed by atoms with Crippen LogP contribution in [0.3, 0.4) is 0 Å². The van der Waals surface area contributed by atoms with E-state index in [1.807, 2.05) is 37.9 Å². The van der Waals surface area contributed by atoms with Crippen molar-refractivity contribution in [1.29, 1.82) is 0 Å². The van der Waals surface area contributed by atoms with Crippen molar-refractivity contribution in [2.75, 3.05) is 26.0 Å². The fourth-order valence-corrected chi connectivity index (χ4v) is 3.20. The highest BCUT2D eigenvalue weighted by molar-refractivity contribution is 6.34. The average molecular weight is 392 g/mol. The minimum atomic E-state index is -0.538. The third-order valence-corrected chi connectivity index (χ3v) is 4.34. The number of carbonyl (C=O) groups is 1. The van der Waals surface area contributed by atoms with Gasteiger partial charge in [0, 0.05) is 18.7 Å². The Kier molecular flexibility index (Phi) is 6.76. The summed E-state index contributed by atoms with van der Waals surface area (Å²) in [6, 6.07) is 8.01. The topological polar surface area (TPSA) is 84.7 Å². The number of aryl methyl sites for hydroxylation is 2. The smallest absolute Gasteiger partial charge is 0.271 e. The first kappa shape index (κ1) is 20.7. The van der Waals surface area contributed by atoms with Gasteiger partial charge < -0.3 is 10.1 Å². The maximum Gasteiger partial charge on any atom is 0.271 e. The molecular formula is C19H22ClN3O4. The normalized spacial score (nSPS) is 10.7. The van der Waals surface area contributed by atoms with Gasteiger partial charge in [-0.05, 0) is 43.7 Å². The van der Waals surface area contributed by atoms with Crippen LogP contribution in [0.2, 0.25) is 5.02 Å². The minimum Gasteiger partial charge on any atom is -0.496 e. The summed E-state index contributed by atoms with van der Waals surface area (Å²) in [4.78, 5) is 24.3. The van der Waals surface area contributed by atoms with E-state index >= 15 is 0 Å². The number of amides is 1. The SMILES string of the molecule is COc1c(C)cc(CN(C)CC(=O)Nc2ccc([N+](=O)[O-])cc2Cl)cc1C. The summed E-state index contributed by atoms with van der Waals surface area (Å²) < 4.78 is 5.37. The quantitative estimate of drug-likeness (QED) is 0.570. The number of hydrogen-bond donors (Lipinski definition) is 1. The first-order chi connectivity index (χ1) is 12.7. The van der Waals surface area contributed by atoms with Crippen molar-refractivity contribution in [3.05, 3.63) is 62.2 Å². The minimum absolute atomic E-state index is 0.125. The van der Waals surface area contributed by atoms with Crippen LogP contribution in [0.25, 0.3) is 0 Å². The fraction of sp³-hybridized carbons (Fsp3) is 0.316. The molecular weight excluding hydrogens is 370 g/mol. The zero-order chi connectivity index (χ0) is 20.1. The zero-order valence-corrected chi connectivity index (χ0v) is 16.5. The second kappa shape index (κ2) is 8.83. The molecule has 0 heterocycles. The van der Waals surface area contributed by atoms with Gasteiger partial charge in [0.15, 0.2) is 0 Å². The number of methoxy groups -OCH3 is 1. The summed E-state index contributed by atoms with van der Waals surface area (Å²) in [5.74, 6) is 0.613. The standard InChI is InChI=1S/C19H22ClN3O4/c1-12-7-14(8-13(2)19(12)27-4)10-22(3)11-18(24)21-17-6-5-15(23(25)26)9-16(17)20/h5-9H,10-11H2,1-4H3,(H,21,24). The fourth-order valence-electron chi connectivity index (χ4n) is 2.97. The van der Waals surface area contributed by atoms with Gasteiger partial charge in [0.1, 0.15) is 5.75 Å². The molecule has 7 nitrogen and oxygen atoms in total. The molecule has 0 aliphatic rings. The second-order valence-electron chi connectivity index (χ2n) is 6.40. The Hall–Kier alpha value is -2.64. The highest BCUT2D eigenvalue weighted by Gasteiger charge is 2.14. The lowest BCUT2D eigenvalue weighted by Gasteiger charge is -2.18. The number of nitrogens with zero attached hydrogens (tertiary/aromatic N) is 2. The van der Waals surface area contributed by atoms with Crippen LogP contribution >= 0.6 is 11.6 Å². The predicted molar refractivity (Wildman–Crippen MR) is 106 cm³/mol. The molecule has 0 fully saturated rings. The van der Waals surface area contributed by atoms with Crippen molar-refractivity contribution in [2.24, 2.45) is 0 Å². The summed E-state index contributed by atoms with van der Waals surface area (Å²) in [5, 5.41) is 13.5. The number of rotatable bonds is 7. The summed E-state index contributed by atoms with van der Waals surface area (Å²) in [6.45, 7) is 4.71. The second-order valence-corrected chi connectivity index (χ2v) is 6.81. The number of nitro groups is 1. The van der Waals surface area contributed by atoms with Crippen molar-refractivity contribution in [2.45, 2.75) is 20.4 Å². The third kappa shape index (κ3) is 5.42. The average Bonchev–Trinajstić information content (AvgIpc) is 2.56. The van der Waals surface area contributed by atoms with Crippen molar-refractivity contribution in [3.8, 4) is 5.75 Å². The number of anilines is 1. The lowest BCUT2D eigenvalue weighted by Crippen LogP contribution is -2.30. The molecule has 2 aromatic rings. The Labute approximate surface area is 163 Å². The molecule has 0 aromatic heterocycles. The van der Waals surface area contributed by atoms with Crippen LogP contribution in [0, 0.1) is 24.0 Å². The number of hydrogen-bond acceptors (Lipinski definition) is 5. The molecule has 0 unspecified atom stereocenters. The van der Waals surface area contributed by atoms with Gasteiger partial charge in [0.25, 0.3) is 5.69 Å². The zero-order valence-electron chi connectivity index (χ0n) is 15.7. The van der Waals surface area contributed by atoms with Gasteiger partial charge in [-0.15, -0.1) is 0 Å². The van der Waals surface area contributed by atoms with E-state index in [2.05, 4.69) is 5.32 Å². The van der Waals surface area contributed by atoms with Gasteiger partial charge >= 0.3 is 0 Å². The number of ether oxygens (including phenoxy) is 1. The number of nitrogens with one attached hydrogen (secondary N) is 1. The van der Waals surface area contributed by atoms with Crippen molar-refractivity contribution >= 4 is 28.9 Å². The molecule has 0 saturated carbocycles. The number of nitro benzene ring substituents is 1. The third-order valence-electron chi connectivity index (χ3n) is 4.03. The number of halogens is 1. The van der Waals surface area contributed by atoms with Gasteiger partial charge in [0.2, 0.25) is 5.91 Å². The monoisotopic (exact) mass is 391 g/mol. The molecule has 0 radical (unpaired) electrons. The van der Waals surface area contributed by atoms with E-state index in [1.54, 1.807) is 7.11 Å². The molecule has 0 bridgehead atoms. The summed E-state index contributed by atoms with van der Waals surface area (Å²) in [7, 11) is 3.49. The maximum absolute atomic E-state index is 12.3. The van der Waals surface area contributed by atoms with Crippen LogP contribution in [0.15, 0.2) is 30.3 Å². The molecule has 2 aromatic carbocycles. The molecule has 0 aliphatic carbocycles. The molecule has 1 N–H and O–H groups in total. The Balaban J connectivity index is 1.99. The van der Waals surface area contributed by atoms with E-state index in [0.717, 1.165) is 22.4 Å². The van der Waals surface area contributed by atoms with Gasteiger partial charge in [-0.3, -0.25) is 19.8 Å². The van der Waals surface area contributed by atoms with E-state index in [1.165, 1.54) is 18.2 Å². The highest BCUT2D eigenvalue weighted by atomic mass is 35.5. The van der Waals surface area contributed by atoms with Crippen molar-refractivity contribution in [1.82, 2.24) is 4.90 Å². The number of likely N-dealkylation sites (N-methyl/N-ethyl adjacent to an activating group) is 1. The van der Waals surface area contributed by atoms with Crippen LogP contribution in [0.4, 0.5) is 11.4 Å². The van der Waals surface area contributed by atoms with E-state index in [-0.39, 0.29) is 23.2 Å². The molecule has 144 valence electrons. The molecule has 0 aliphatic heterocycles. The molecule has 1 amide bonds. The van der Waals surface area contributed by atoms with Crippen LogP contribution < -0.4 is 10.1 Å². The van der Waals surface area contributed by atoms with E-state index in [0.29, 0.717) is 12.2 Å². The lowest BCUT2D eigenvalue weighted by molar-refractivity contribution is -0.384. The number of carbonyl (C=O) groups excluding carboxylic acids is 1. The Bertz CT molecular complexity index is 847. The molecule has 0 saturated heterocycles. The van der Waals surface area contributed by atoms with Crippen LogP contribution in [-0.2, 0) is 11.3 Å². The van der Waals surface area contributed by atoms with Crippen LogP contribution in [0.5, 0.6) is 5.75 Å². The molecule has 0 spiro atoms. The molecule has 0 atom stereocenters. The van der Waals surface area contributed by atoms with Gasteiger partial charge in [-0.25, -0.2) is 0 Å². The Morgan fingerprint density at radius 1 is 1.26 bits per heavy atom.